The molecule has 5 rings (SSSR count). The Bertz CT molecular complexity index is 1770. The molecule has 0 atom stereocenters. The van der Waals surface area contributed by atoms with Crippen molar-refractivity contribution in [2.75, 3.05) is 19.0 Å². The zero-order chi connectivity index (χ0) is 31.2. The number of nitrogens with zero attached hydrogens (tertiary/aromatic N) is 3. The molecule has 5 aromatic rings. The van der Waals surface area contributed by atoms with Crippen molar-refractivity contribution in [1.29, 1.82) is 0 Å². The molecule has 0 spiro atoms. The fraction of sp³-hybridized carbons (Fsp3) is 0.176. The maximum absolute atomic E-state index is 12.7. The van der Waals surface area contributed by atoms with Gasteiger partial charge in [0.15, 0.2) is 5.76 Å². The number of nitrogens with one attached hydrogen (secondary N) is 1. The molecule has 0 saturated carbocycles. The lowest BCUT2D eigenvalue weighted by molar-refractivity contribution is 0.0923. The highest BCUT2D eigenvalue weighted by Gasteiger charge is 2.12. The van der Waals surface area contributed by atoms with Gasteiger partial charge in [0.1, 0.15) is 30.5 Å². The summed E-state index contributed by atoms with van der Waals surface area (Å²) in [5.41, 5.74) is 8.63. The predicted molar refractivity (Wildman–Crippen MR) is 180 cm³/mol. The van der Waals surface area contributed by atoms with Crippen molar-refractivity contribution < 1.29 is 18.7 Å². The number of hydrogen-bond donors (Lipinski definition) is 1. The summed E-state index contributed by atoms with van der Waals surface area (Å²) >= 11 is 7.06. The van der Waals surface area contributed by atoms with E-state index in [0.717, 1.165) is 25.9 Å². The Kier molecular flexibility index (Phi) is 9.92. The van der Waals surface area contributed by atoms with Crippen LogP contribution in [-0.2, 0) is 13.2 Å². The highest BCUT2D eigenvalue weighted by Crippen LogP contribution is 2.28. The van der Waals surface area contributed by atoms with Gasteiger partial charge in [-0.3, -0.25) is 4.79 Å². The first kappa shape index (κ1) is 31.2. The van der Waals surface area contributed by atoms with Crippen LogP contribution >= 0.6 is 31.9 Å². The van der Waals surface area contributed by atoms with Crippen molar-refractivity contribution in [3.63, 3.8) is 0 Å². The van der Waals surface area contributed by atoms with Crippen LogP contribution < -0.4 is 19.8 Å². The van der Waals surface area contributed by atoms with Crippen LogP contribution in [0.4, 0.5) is 5.69 Å². The number of carbonyl (C=O) groups is 1. The van der Waals surface area contributed by atoms with E-state index in [4.69, 9.17) is 13.9 Å². The van der Waals surface area contributed by atoms with E-state index >= 15 is 0 Å². The molecule has 2 heterocycles. The fourth-order valence-electron chi connectivity index (χ4n) is 4.54. The summed E-state index contributed by atoms with van der Waals surface area (Å²) in [6.07, 6.45) is 1.55. The van der Waals surface area contributed by atoms with Gasteiger partial charge in [-0.25, -0.2) is 5.43 Å². The Hall–Kier alpha value is -4.28. The average Bonchev–Trinajstić information content (AvgIpc) is 3.62. The number of carbonyl (C=O) groups excluding carboxylic acids is 1. The molecule has 0 radical (unpaired) electrons. The first-order valence-corrected chi connectivity index (χ1v) is 15.4. The molecule has 0 aliphatic carbocycles. The van der Waals surface area contributed by atoms with Gasteiger partial charge in [-0.2, -0.15) is 5.10 Å². The summed E-state index contributed by atoms with van der Waals surface area (Å²) in [4.78, 5) is 14.7. The maximum Gasteiger partial charge on any atom is 0.307 e. The molecule has 8 nitrogen and oxygen atoms in total. The summed E-state index contributed by atoms with van der Waals surface area (Å²) in [6, 6.07) is 27.1. The summed E-state index contributed by atoms with van der Waals surface area (Å²) in [6.45, 7) is 4.69. The third kappa shape index (κ3) is 7.62. The summed E-state index contributed by atoms with van der Waals surface area (Å²) in [5.74, 6) is 1.52. The van der Waals surface area contributed by atoms with Gasteiger partial charge in [0.05, 0.1) is 6.21 Å². The molecule has 10 heteroatoms. The first-order valence-electron chi connectivity index (χ1n) is 13.9. The number of anilines is 1. The smallest absolute Gasteiger partial charge is 0.307 e. The molecule has 0 aliphatic heterocycles. The molecule has 226 valence electrons. The Labute approximate surface area is 273 Å². The zero-order valence-electron chi connectivity index (χ0n) is 24.8. The SMILES string of the molecule is Cc1ccc(C)n1-c1ccc(OCc2ccc(C(=O)N/N=C/c3ccc(N(C)C)cc3OCc3ccc(Br)cc3Br)o2)cc1. The molecule has 0 aliphatic rings. The Morgan fingerprint density at radius 2 is 1.66 bits per heavy atom. The van der Waals surface area contributed by atoms with E-state index in [-0.39, 0.29) is 12.4 Å². The normalized spacial score (nSPS) is 11.1. The van der Waals surface area contributed by atoms with Gasteiger partial charge < -0.3 is 23.4 Å². The third-order valence-corrected chi connectivity index (χ3v) is 8.15. The van der Waals surface area contributed by atoms with Crippen LogP contribution in [0.5, 0.6) is 11.5 Å². The summed E-state index contributed by atoms with van der Waals surface area (Å²) < 4.78 is 21.9. The van der Waals surface area contributed by atoms with E-state index in [1.807, 2.05) is 79.7 Å². The van der Waals surface area contributed by atoms with Gasteiger partial charge in [-0.15, -0.1) is 0 Å². The molecule has 0 fully saturated rings. The van der Waals surface area contributed by atoms with Crippen molar-refractivity contribution >= 4 is 49.7 Å². The van der Waals surface area contributed by atoms with E-state index in [2.05, 4.69) is 72.9 Å². The Morgan fingerprint density at radius 1 is 0.909 bits per heavy atom. The second-order valence-electron chi connectivity index (χ2n) is 10.3. The highest BCUT2D eigenvalue weighted by atomic mass is 79.9. The van der Waals surface area contributed by atoms with Crippen LogP contribution in [0.2, 0.25) is 0 Å². The third-order valence-electron chi connectivity index (χ3n) is 6.91. The highest BCUT2D eigenvalue weighted by molar-refractivity contribution is 9.11. The Balaban J connectivity index is 1.18. The number of hydrazone groups is 1. The van der Waals surface area contributed by atoms with Crippen molar-refractivity contribution in [2.24, 2.45) is 5.10 Å². The fourth-order valence-corrected chi connectivity index (χ4v) is 5.70. The number of halogens is 2. The van der Waals surface area contributed by atoms with Crippen molar-refractivity contribution in [1.82, 2.24) is 9.99 Å². The van der Waals surface area contributed by atoms with Crippen molar-refractivity contribution in [2.45, 2.75) is 27.1 Å². The van der Waals surface area contributed by atoms with Gasteiger partial charge in [-0.1, -0.05) is 37.9 Å². The molecule has 0 unspecified atom stereocenters. The van der Waals surface area contributed by atoms with Crippen molar-refractivity contribution in [3.8, 4) is 17.2 Å². The van der Waals surface area contributed by atoms with E-state index in [1.54, 1.807) is 18.3 Å². The van der Waals surface area contributed by atoms with Crippen LogP contribution in [0.3, 0.4) is 0 Å². The van der Waals surface area contributed by atoms with Gasteiger partial charge in [0, 0.05) is 63.0 Å². The predicted octanol–water partition coefficient (Wildman–Crippen LogP) is 8.20. The second kappa shape index (κ2) is 14.0. The number of hydrogen-bond acceptors (Lipinski definition) is 6. The van der Waals surface area contributed by atoms with Crippen LogP contribution in [-0.4, -0.2) is 30.8 Å². The first-order chi connectivity index (χ1) is 21.2. The summed E-state index contributed by atoms with van der Waals surface area (Å²) in [5, 5.41) is 4.15. The van der Waals surface area contributed by atoms with E-state index in [9.17, 15) is 4.79 Å². The molecular weight excluding hydrogens is 688 g/mol. The number of ether oxygens (including phenoxy) is 2. The number of aromatic nitrogens is 1. The van der Waals surface area contributed by atoms with Crippen LogP contribution in [0, 0.1) is 13.8 Å². The topological polar surface area (TPSA) is 81.2 Å². The van der Waals surface area contributed by atoms with Gasteiger partial charge >= 0.3 is 5.91 Å². The second-order valence-corrected chi connectivity index (χ2v) is 12.1. The molecule has 0 saturated heterocycles. The number of rotatable bonds is 11. The average molecular weight is 720 g/mol. The summed E-state index contributed by atoms with van der Waals surface area (Å²) in [7, 11) is 3.92. The standard InChI is InChI=1S/C34H32Br2N4O4/c1-22-5-6-23(2)40(22)27-11-13-29(14-12-27)42-21-30-15-16-32(44-30)34(41)38-37-19-24-8-10-28(39(3)4)18-33(24)43-20-25-7-9-26(35)17-31(25)36/h5-19H,20-21H2,1-4H3,(H,38,41)/b37-19+. The number of aryl methyl sites for hydroxylation is 2. The molecule has 2 aromatic heterocycles. The largest absolute Gasteiger partial charge is 0.488 e. The molecule has 1 N–H and O–H groups in total. The van der Waals surface area contributed by atoms with Gasteiger partial charge in [-0.05, 0) is 86.6 Å². The lowest BCUT2D eigenvalue weighted by Crippen LogP contribution is -2.17. The van der Waals surface area contributed by atoms with Gasteiger partial charge in [0.25, 0.3) is 0 Å². The lowest BCUT2D eigenvalue weighted by Gasteiger charge is -2.16. The van der Waals surface area contributed by atoms with Crippen molar-refractivity contribution in [3.05, 3.63) is 128 Å². The van der Waals surface area contributed by atoms with Crippen LogP contribution in [0.25, 0.3) is 5.69 Å². The minimum absolute atomic E-state index is 0.133. The van der Waals surface area contributed by atoms with Gasteiger partial charge in [0.2, 0.25) is 0 Å². The lowest BCUT2D eigenvalue weighted by atomic mass is 10.2. The molecular formula is C34H32Br2N4O4. The molecule has 3 aromatic carbocycles. The molecule has 1 amide bonds. The quantitative estimate of drug-likeness (QED) is 0.110. The number of amides is 1. The molecule has 0 bridgehead atoms. The van der Waals surface area contributed by atoms with E-state index in [0.29, 0.717) is 29.4 Å². The Morgan fingerprint density at radius 3 is 2.36 bits per heavy atom. The maximum atomic E-state index is 12.7. The zero-order valence-corrected chi connectivity index (χ0v) is 28.0. The minimum atomic E-state index is -0.472. The van der Waals surface area contributed by atoms with Crippen LogP contribution in [0.1, 0.15) is 38.8 Å². The monoisotopic (exact) mass is 718 g/mol. The van der Waals surface area contributed by atoms with E-state index in [1.165, 1.54) is 11.4 Å². The van der Waals surface area contributed by atoms with Crippen LogP contribution in [0.15, 0.2) is 103 Å². The van der Waals surface area contributed by atoms with E-state index < -0.39 is 5.91 Å². The number of furan rings is 1. The number of benzene rings is 3. The molecule has 44 heavy (non-hydrogen) atoms. The minimum Gasteiger partial charge on any atom is -0.488 e.